The molecule has 16 heavy (non-hydrogen) atoms. The molecular weight excluding hydrogens is 219 g/mol. The van der Waals surface area contributed by atoms with Crippen molar-refractivity contribution in [2.24, 2.45) is 5.92 Å². The Morgan fingerprint density at radius 3 is 2.75 bits per heavy atom. The summed E-state index contributed by atoms with van der Waals surface area (Å²) in [4.78, 5) is 0. The monoisotopic (exact) mass is 233 g/mol. The summed E-state index contributed by atoms with van der Waals surface area (Å²) in [6.07, 6.45) is 0.152. The summed E-state index contributed by atoms with van der Waals surface area (Å²) in [5.74, 6) is 0.781. The summed E-state index contributed by atoms with van der Waals surface area (Å²) in [5, 5.41) is 6.87. The van der Waals surface area contributed by atoms with E-state index in [1.54, 1.807) is 0 Å². The second-order valence-corrected chi connectivity index (χ2v) is 4.14. The largest absolute Gasteiger partial charge is 0.419 e. The SMILES string of the molecule is FC(F)(F)c1cnn(CCNCC2CC2)c1. The van der Waals surface area contributed by atoms with Crippen LogP contribution in [0.2, 0.25) is 0 Å². The van der Waals surface area contributed by atoms with Gasteiger partial charge in [-0.15, -0.1) is 0 Å². The summed E-state index contributed by atoms with van der Waals surface area (Å²) in [6, 6.07) is 0. The molecule has 0 bridgehead atoms. The quantitative estimate of drug-likeness (QED) is 0.787. The molecule has 1 N–H and O–H groups in total. The Morgan fingerprint density at radius 2 is 2.19 bits per heavy atom. The van der Waals surface area contributed by atoms with Crippen molar-refractivity contribution in [2.75, 3.05) is 13.1 Å². The van der Waals surface area contributed by atoms with E-state index < -0.39 is 11.7 Å². The first-order valence-corrected chi connectivity index (χ1v) is 5.36. The number of halogens is 3. The smallest absolute Gasteiger partial charge is 0.315 e. The van der Waals surface area contributed by atoms with Gasteiger partial charge in [0.2, 0.25) is 0 Å². The predicted octanol–water partition coefficient (Wildman–Crippen LogP) is 1.90. The van der Waals surface area contributed by atoms with Crippen molar-refractivity contribution in [1.29, 1.82) is 0 Å². The van der Waals surface area contributed by atoms with Crippen LogP contribution in [-0.4, -0.2) is 22.9 Å². The lowest BCUT2D eigenvalue weighted by atomic mass is 10.3. The summed E-state index contributed by atoms with van der Waals surface area (Å²) < 4.78 is 38.0. The lowest BCUT2D eigenvalue weighted by Gasteiger charge is -2.04. The fourth-order valence-electron chi connectivity index (χ4n) is 1.45. The van der Waals surface area contributed by atoms with Crippen LogP contribution in [0.15, 0.2) is 12.4 Å². The third kappa shape index (κ3) is 3.23. The zero-order chi connectivity index (χ0) is 11.6. The number of rotatable bonds is 5. The molecule has 6 heteroatoms. The molecule has 0 unspecified atom stereocenters. The fourth-order valence-corrected chi connectivity index (χ4v) is 1.45. The van der Waals surface area contributed by atoms with E-state index in [9.17, 15) is 13.2 Å². The van der Waals surface area contributed by atoms with Crippen LogP contribution >= 0.6 is 0 Å². The van der Waals surface area contributed by atoms with Gasteiger partial charge in [-0.3, -0.25) is 4.68 Å². The van der Waals surface area contributed by atoms with E-state index in [1.807, 2.05) is 0 Å². The average Bonchev–Trinajstić information content (AvgIpc) is 2.88. The summed E-state index contributed by atoms with van der Waals surface area (Å²) in [6.45, 7) is 2.10. The zero-order valence-corrected chi connectivity index (χ0v) is 8.80. The van der Waals surface area contributed by atoms with E-state index in [4.69, 9.17) is 0 Å². The Morgan fingerprint density at radius 1 is 1.44 bits per heavy atom. The van der Waals surface area contributed by atoms with Gasteiger partial charge < -0.3 is 5.32 Å². The molecule has 1 aliphatic rings. The second-order valence-electron chi connectivity index (χ2n) is 4.14. The molecule has 1 aliphatic carbocycles. The molecule has 0 amide bonds. The van der Waals surface area contributed by atoms with Gasteiger partial charge in [-0.2, -0.15) is 18.3 Å². The van der Waals surface area contributed by atoms with Gasteiger partial charge in [0.1, 0.15) is 0 Å². The van der Waals surface area contributed by atoms with E-state index in [1.165, 1.54) is 17.5 Å². The first-order chi connectivity index (χ1) is 7.55. The molecule has 0 saturated heterocycles. The zero-order valence-electron chi connectivity index (χ0n) is 8.80. The topological polar surface area (TPSA) is 29.9 Å². The third-order valence-electron chi connectivity index (χ3n) is 2.61. The minimum Gasteiger partial charge on any atom is -0.315 e. The van der Waals surface area contributed by atoms with Crippen molar-refractivity contribution in [2.45, 2.75) is 25.6 Å². The maximum absolute atomic E-state index is 12.2. The van der Waals surface area contributed by atoms with Crippen molar-refractivity contribution in [3.8, 4) is 0 Å². The number of aromatic nitrogens is 2. The number of nitrogens with zero attached hydrogens (tertiary/aromatic N) is 2. The van der Waals surface area contributed by atoms with E-state index >= 15 is 0 Å². The Hall–Kier alpha value is -1.04. The molecule has 0 aromatic carbocycles. The number of nitrogens with one attached hydrogen (secondary N) is 1. The highest BCUT2D eigenvalue weighted by atomic mass is 19.4. The van der Waals surface area contributed by atoms with Crippen molar-refractivity contribution in [1.82, 2.24) is 15.1 Å². The van der Waals surface area contributed by atoms with E-state index in [0.29, 0.717) is 13.1 Å². The highest BCUT2D eigenvalue weighted by Crippen LogP contribution is 2.28. The maximum atomic E-state index is 12.2. The molecule has 0 aliphatic heterocycles. The van der Waals surface area contributed by atoms with Gasteiger partial charge in [-0.1, -0.05) is 0 Å². The number of alkyl halides is 3. The van der Waals surface area contributed by atoms with Crippen molar-refractivity contribution < 1.29 is 13.2 Å². The molecule has 1 heterocycles. The average molecular weight is 233 g/mol. The van der Waals surface area contributed by atoms with Crippen LogP contribution in [0.25, 0.3) is 0 Å². The lowest BCUT2D eigenvalue weighted by Crippen LogP contribution is -2.22. The molecule has 0 atom stereocenters. The molecule has 2 rings (SSSR count). The maximum Gasteiger partial charge on any atom is 0.419 e. The van der Waals surface area contributed by atoms with Crippen LogP contribution in [0.5, 0.6) is 0 Å². The Kier molecular flexibility index (Phi) is 3.18. The van der Waals surface area contributed by atoms with Gasteiger partial charge in [0.05, 0.1) is 18.3 Å². The lowest BCUT2D eigenvalue weighted by molar-refractivity contribution is -0.137. The summed E-state index contributed by atoms with van der Waals surface area (Å²) >= 11 is 0. The van der Waals surface area contributed by atoms with Gasteiger partial charge in [0, 0.05) is 12.7 Å². The van der Waals surface area contributed by atoms with Gasteiger partial charge in [-0.25, -0.2) is 0 Å². The van der Waals surface area contributed by atoms with Crippen molar-refractivity contribution in [3.63, 3.8) is 0 Å². The third-order valence-corrected chi connectivity index (χ3v) is 2.61. The number of hydrogen-bond acceptors (Lipinski definition) is 2. The highest BCUT2D eigenvalue weighted by molar-refractivity contribution is 5.08. The van der Waals surface area contributed by atoms with Gasteiger partial charge in [0.15, 0.2) is 0 Å². The van der Waals surface area contributed by atoms with Gasteiger partial charge >= 0.3 is 6.18 Å². The normalized spacial score (nSPS) is 16.7. The molecule has 3 nitrogen and oxygen atoms in total. The molecule has 0 spiro atoms. The minimum atomic E-state index is -4.29. The van der Waals surface area contributed by atoms with E-state index in [0.717, 1.165) is 24.9 Å². The summed E-state index contributed by atoms with van der Waals surface area (Å²) in [7, 11) is 0. The first kappa shape index (κ1) is 11.4. The van der Waals surface area contributed by atoms with Gasteiger partial charge in [-0.05, 0) is 25.3 Å². The van der Waals surface area contributed by atoms with Crippen molar-refractivity contribution in [3.05, 3.63) is 18.0 Å². The van der Waals surface area contributed by atoms with Crippen LogP contribution in [0.4, 0.5) is 13.2 Å². The fraction of sp³-hybridized carbons (Fsp3) is 0.700. The van der Waals surface area contributed by atoms with Crippen LogP contribution in [-0.2, 0) is 12.7 Å². The standard InChI is InChI=1S/C10H14F3N3/c11-10(12,13)9-6-15-16(7-9)4-3-14-5-8-1-2-8/h6-8,14H,1-5H2. The molecule has 1 aromatic heterocycles. The number of hydrogen-bond donors (Lipinski definition) is 1. The molecule has 1 aromatic rings. The van der Waals surface area contributed by atoms with E-state index in [2.05, 4.69) is 10.4 Å². The van der Waals surface area contributed by atoms with Crippen LogP contribution < -0.4 is 5.32 Å². The molecule has 0 radical (unpaired) electrons. The summed E-state index contributed by atoms with van der Waals surface area (Å²) in [5.41, 5.74) is -0.685. The Bertz CT molecular complexity index is 341. The minimum absolute atomic E-state index is 0.475. The second kappa shape index (κ2) is 4.45. The molecular formula is C10H14F3N3. The van der Waals surface area contributed by atoms with Crippen molar-refractivity contribution >= 4 is 0 Å². The highest BCUT2D eigenvalue weighted by Gasteiger charge is 2.32. The Labute approximate surface area is 91.6 Å². The van der Waals surface area contributed by atoms with Gasteiger partial charge in [0.25, 0.3) is 0 Å². The van der Waals surface area contributed by atoms with Crippen LogP contribution in [0.3, 0.4) is 0 Å². The molecule has 1 fully saturated rings. The predicted molar refractivity (Wildman–Crippen MR) is 52.8 cm³/mol. The van der Waals surface area contributed by atoms with Crippen LogP contribution in [0, 0.1) is 5.92 Å². The first-order valence-electron chi connectivity index (χ1n) is 5.36. The Balaban J connectivity index is 1.73. The molecule has 90 valence electrons. The molecule has 1 saturated carbocycles. The van der Waals surface area contributed by atoms with Crippen LogP contribution in [0.1, 0.15) is 18.4 Å². The van der Waals surface area contributed by atoms with E-state index in [-0.39, 0.29) is 0 Å².